The Labute approximate surface area is 70.4 Å². The van der Waals surface area contributed by atoms with Crippen LogP contribution in [0.15, 0.2) is 30.5 Å². The van der Waals surface area contributed by atoms with Gasteiger partial charge in [-0.05, 0) is 24.6 Å². The molecule has 60 valence electrons. The highest BCUT2D eigenvalue weighted by Crippen LogP contribution is 2.17. The van der Waals surface area contributed by atoms with E-state index < -0.39 is 0 Å². The van der Waals surface area contributed by atoms with Gasteiger partial charge in [-0.25, -0.2) is 0 Å². The van der Waals surface area contributed by atoms with Gasteiger partial charge in [0, 0.05) is 11.6 Å². The molecule has 2 rings (SSSR count). The van der Waals surface area contributed by atoms with E-state index in [4.69, 9.17) is 0 Å². The number of hydrogen-bond acceptors (Lipinski definition) is 1. The van der Waals surface area contributed by atoms with Crippen LogP contribution >= 0.6 is 0 Å². The van der Waals surface area contributed by atoms with Crippen molar-refractivity contribution in [1.29, 1.82) is 0 Å². The average Bonchev–Trinajstić information content (AvgIpc) is 2.49. The van der Waals surface area contributed by atoms with Gasteiger partial charge in [0.25, 0.3) is 0 Å². The van der Waals surface area contributed by atoms with E-state index in [1.807, 2.05) is 31.2 Å². The van der Waals surface area contributed by atoms with Crippen molar-refractivity contribution in [1.82, 2.24) is 4.57 Å². The largest absolute Gasteiger partial charge is 0.290 e. The molecular weight excluding hydrogens is 150 g/mol. The molecule has 2 heteroatoms. The molecule has 0 aliphatic heterocycles. The molecule has 0 bridgehead atoms. The Morgan fingerprint density at radius 1 is 1.33 bits per heavy atom. The third-order valence-corrected chi connectivity index (χ3v) is 2.09. The zero-order valence-electron chi connectivity index (χ0n) is 6.82. The third kappa shape index (κ3) is 0.848. The molecule has 1 heterocycles. The van der Waals surface area contributed by atoms with Gasteiger partial charge >= 0.3 is 0 Å². The fraction of sp³-hybridized carbons (Fsp3) is 0.100. The van der Waals surface area contributed by atoms with Gasteiger partial charge in [-0.1, -0.05) is 12.1 Å². The Bertz CT molecular complexity index is 428. The molecule has 12 heavy (non-hydrogen) atoms. The number of benzene rings is 1. The molecule has 0 saturated carbocycles. The van der Waals surface area contributed by atoms with E-state index in [1.54, 1.807) is 10.8 Å². The van der Waals surface area contributed by atoms with Crippen LogP contribution in [-0.4, -0.2) is 11.0 Å². The van der Waals surface area contributed by atoms with E-state index in [9.17, 15) is 4.79 Å². The van der Waals surface area contributed by atoms with Crippen molar-refractivity contribution >= 4 is 17.3 Å². The van der Waals surface area contributed by atoms with Crippen molar-refractivity contribution in [3.05, 3.63) is 36.0 Å². The first-order valence-electron chi connectivity index (χ1n) is 3.84. The molecule has 0 aliphatic rings. The maximum Gasteiger partial charge on any atom is 0.218 e. The van der Waals surface area contributed by atoms with Gasteiger partial charge in [-0.3, -0.25) is 9.36 Å². The minimum Gasteiger partial charge on any atom is -0.290 e. The van der Waals surface area contributed by atoms with Crippen LogP contribution in [0.25, 0.3) is 10.9 Å². The quantitative estimate of drug-likeness (QED) is 0.583. The molecule has 0 radical (unpaired) electrons. The maximum atomic E-state index is 10.6. The Hall–Kier alpha value is -1.57. The van der Waals surface area contributed by atoms with Crippen molar-refractivity contribution in [2.24, 2.45) is 0 Å². The highest BCUT2D eigenvalue weighted by molar-refractivity contribution is 5.87. The van der Waals surface area contributed by atoms with Crippen molar-refractivity contribution in [2.45, 2.75) is 6.92 Å². The zero-order valence-corrected chi connectivity index (χ0v) is 6.82. The van der Waals surface area contributed by atoms with Gasteiger partial charge in [0.05, 0.1) is 5.52 Å². The molecule has 0 amide bonds. The van der Waals surface area contributed by atoms with E-state index in [0.717, 1.165) is 17.3 Å². The highest BCUT2D eigenvalue weighted by atomic mass is 16.1. The Balaban J connectivity index is 2.88. The summed E-state index contributed by atoms with van der Waals surface area (Å²) in [6.07, 6.45) is 2.60. The molecule has 0 N–H and O–H groups in total. The summed E-state index contributed by atoms with van der Waals surface area (Å²) in [5, 5.41) is 1.14. The lowest BCUT2D eigenvalue weighted by Crippen LogP contribution is -1.90. The predicted octanol–water partition coefficient (Wildman–Crippen LogP) is 1.99. The van der Waals surface area contributed by atoms with Crippen molar-refractivity contribution in [3.63, 3.8) is 0 Å². The minimum atomic E-state index is 0.821. The van der Waals surface area contributed by atoms with Crippen molar-refractivity contribution < 1.29 is 4.79 Å². The molecule has 0 spiro atoms. The van der Waals surface area contributed by atoms with Crippen LogP contribution in [-0.2, 0) is 4.79 Å². The van der Waals surface area contributed by atoms with E-state index >= 15 is 0 Å². The molecule has 0 saturated heterocycles. The number of carbonyl (C=O) groups is 1. The monoisotopic (exact) mass is 159 g/mol. The summed E-state index contributed by atoms with van der Waals surface area (Å²) in [7, 11) is 0. The lowest BCUT2D eigenvalue weighted by molar-refractivity contribution is 0.549. The SMILES string of the molecule is Cc1cccc2c1ccn2C=O. The van der Waals surface area contributed by atoms with Crippen LogP contribution in [0.4, 0.5) is 0 Å². The zero-order chi connectivity index (χ0) is 8.55. The fourth-order valence-electron chi connectivity index (χ4n) is 1.43. The van der Waals surface area contributed by atoms with Crippen LogP contribution in [0.1, 0.15) is 5.56 Å². The summed E-state index contributed by atoms with van der Waals surface area (Å²) in [5.41, 5.74) is 2.18. The average molecular weight is 159 g/mol. The summed E-state index contributed by atoms with van der Waals surface area (Å²) < 4.78 is 1.59. The summed E-state index contributed by atoms with van der Waals surface area (Å²) >= 11 is 0. The van der Waals surface area contributed by atoms with Crippen LogP contribution < -0.4 is 0 Å². The number of carbonyl (C=O) groups excluding carboxylic acids is 1. The Kier molecular flexibility index (Phi) is 1.47. The standard InChI is InChI=1S/C10H9NO/c1-8-3-2-4-10-9(8)5-6-11(10)7-12/h2-7H,1H3. The molecule has 0 unspecified atom stereocenters. The van der Waals surface area contributed by atoms with E-state index in [2.05, 4.69) is 0 Å². The maximum absolute atomic E-state index is 10.6. The van der Waals surface area contributed by atoms with Crippen LogP contribution in [0.2, 0.25) is 0 Å². The summed E-state index contributed by atoms with van der Waals surface area (Å²) in [4.78, 5) is 10.6. The Morgan fingerprint density at radius 3 is 2.92 bits per heavy atom. The molecule has 2 aromatic rings. The lowest BCUT2D eigenvalue weighted by Gasteiger charge is -1.96. The number of rotatable bonds is 1. The van der Waals surface area contributed by atoms with Crippen molar-refractivity contribution in [2.75, 3.05) is 0 Å². The normalized spacial score (nSPS) is 10.4. The second kappa shape index (κ2) is 2.48. The molecule has 1 aromatic carbocycles. The first-order chi connectivity index (χ1) is 5.83. The van der Waals surface area contributed by atoms with Gasteiger partial charge in [-0.2, -0.15) is 0 Å². The highest BCUT2D eigenvalue weighted by Gasteiger charge is 2.00. The van der Waals surface area contributed by atoms with Gasteiger partial charge in [0.2, 0.25) is 6.41 Å². The Morgan fingerprint density at radius 2 is 2.17 bits per heavy atom. The number of hydrogen-bond donors (Lipinski definition) is 0. The lowest BCUT2D eigenvalue weighted by atomic mass is 10.1. The number of aryl methyl sites for hydroxylation is 1. The first-order valence-corrected chi connectivity index (χ1v) is 3.84. The number of aromatic nitrogens is 1. The first kappa shape index (κ1) is 7.10. The van der Waals surface area contributed by atoms with E-state index in [1.165, 1.54) is 5.56 Å². The minimum absolute atomic E-state index is 0.821. The molecule has 2 nitrogen and oxygen atoms in total. The van der Waals surface area contributed by atoms with E-state index in [-0.39, 0.29) is 0 Å². The second-order valence-corrected chi connectivity index (χ2v) is 2.84. The van der Waals surface area contributed by atoms with E-state index in [0.29, 0.717) is 0 Å². The predicted molar refractivity (Wildman–Crippen MR) is 48.8 cm³/mol. The fourth-order valence-corrected chi connectivity index (χ4v) is 1.43. The van der Waals surface area contributed by atoms with Gasteiger partial charge in [0.1, 0.15) is 0 Å². The van der Waals surface area contributed by atoms with Crippen LogP contribution in [0.3, 0.4) is 0 Å². The van der Waals surface area contributed by atoms with Gasteiger partial charge in [0.15, 0.2) is 0 Å². The summed E-state index contributed by atoms with van der Waals surface area (Å²) in [5.74, 6) is 0. The number of nitrogens with zero attached hydrogens (tertiary/aromatic N) is 1. The summed E-state index contributed by atoms with van der Waals surface area (Å²) in [6, 6.07) is 7.89. The van der Waals surface area contributed by atoms with Crippen LogP contribution in [0, 0.1) is 6.92 Å². The summed E-state index contributed by atoms with van der Waals surface area (Å²) in [6.45, 7) is 2.04. The van der Waals surface area contributed by atoms with Crippen LogP contribution in [0.5, 0.6) is 0 Å². The van der Waals surface area contributed by atoms with Crippen molar-refractivity contribution in [3.8, 4) is 0 Å². The smallest absolute Gasteiger partial charge is 0.218 e. The third-order valence-electron chi connectivity index (χ3n) is 2.09. The molecule has 0 aliphatic carbocycles. The number of fused-ring (bicyclic) bond motifs is 1. The molecular formula is C10H9NO. The second-order valence-electron chi connectivity index (χ2n) is 2.84. The molecule has 0 fully saturated rings. The molecule has 1 aromatic heterocycles. The van der Waals surface area contributed by atoms with Gasteiger partial charge < -0.3 is 0 Å². The topological polar surface area (TPSA) is 22.0 Å². The molecule has 0 atom stereocenters. The van der Waals surface area contributed by atoms with Gasteiger partial charge in [-0.15, -0.1) is 0 Å².